The summed E-state index contributed by atoms with van der Waals surface area (Å²) in [4.78, 5) is 0. The lowest BCUT2D eigenvalue weighted by Crippen LogP contribution is -2.14. The summed E-state index contributed by atoms with van der Waals surface area (Å²) < 4.78 is 2.93. The largest absolute Gasteiger partial charge is 0.312 e. The zero-order valence-corrected chi connectivity index (χ0v) is 12.6. The van der Waals surface area contributed by atoms with E-state index in [0.717, 1.165) is 21.5 Å². The highest BCUT2D eigenvalue weighted by molar-refractivity contribution is 9.10. The second-order valence-electron chi connectivity index (χ2n) is 4.39. The Morgan fingerprint density at radius 2 is 2.06 bits per heavy atom. The first-order valence-corrected chi connectivity index (χ1v) is 6.70. The number of hydrogen-bond donors (Lipinski definition) is 1. The van der Waals surface area contributed by atoms with Gasteiger partial charge < -0.3 is 5.32 Å². The maximum Gasteiger partial charge on any atom is 0.103 e. The van der Waals surface area contributed by atoms with Gasteiger partial charge in [0.15, 0.2) is 0 Å². The fourth-order valence-corrected chi connectivity index (χ4v) is 2.33. The predicted octanol–water partition coefficient (Wildman–Crippen LogP) is 2.93. The van der Waals surface area contributed by atoms with Gasteiger partial charge in [0, 0.05) is 4.47 Å². The van der Waals surface area contributed by atoms with E-state index in [4.69, 9.17) is 0 Å². The number of benzene rings is 1. The number of aryl methyl sites for hydroxylation is 1. The quantitative estimate of drug-likeness (QED) is 0.948. The van der Waals surface area contributed by atoms with Crippen LogP contribution >= 0.6 is 15.9 Å². The van der Waals surface area contributed by atoms with Crippen LogP contribution in [0.5, 0.6) is 0 Å². The number of rotatable bonds is 3. The molecule has 1 aromatic carbocycles. The van der Waals surface area contributed by atoms with Crippen LogP contribution < -0.4 is 5.32 Å². The number of hydrogen-bond acceptors (Lipinski definition) is 3. The molecule has 5 heteroatoms. The Bertz CT molecular complexity index is 562. The molecular formula is C13H17BrN4. The van der Waals surface area contributed by atoms with E-state index in [1.807, 2.05) is 30.8 Å². The van der Waals surface area contributed by atoms with Gasteiger partial charge in [-0.15, -0.1) is 5.10 Å². The van der Waals surface area contributed by atoms with Crippen molar-refractivity contribution in [3.05, 3.63) is 39.6 Å². The lowest BCUT2D eigenvalue weighted by Gasteiger charge is -2.10. The fraction of sp³-hybridized carbons (Fsp3) is 0.385. The van der Waals surface area contributed by atoms with E-state index in [-0.39, 0.29) is 6.04 Å². The van der Waals surface area contributed by atoms with E-state index in [0.29, 0.717) is 0 Å². The smallest absolute Gasteiger partial charge is 0.103 e. The van der Waals surface area contributed by atoms with Crippen molar-refractivity contribution < 1.29 is 0 Å². The van der Waals surface area contributed by atoms with Crippen LogP contribution in [0, 0.1) is 13.8 Å². The molecule has 18 heavy (non-hydrogen) atoms. The molecule has 1 heterocycles. The Balaban J connectivity index is 2.52. The van der Waals surface area contributed by atoms with Gasteiger partial charge in [0.05, 0.1) is 17.4 Å². The molecule has 0 aliphatic rings. The van der Waals surface area contributed by atoms with Crippen molar-refractivity contribution in [1.82, 2.24) is 20.3 Å². The minimum Gasteiger partial charge on any atom is -0.312 e. The van der Waals surface area contributed by atoms with Crippen LogP contribution in [-0.4, -0.2) is 22.0 Å². The van der Waals surface area contributed by atoms with Crippen molar-refractivity contribution in [2.75, 3.05) is 7.05 Å². The van der Waals surface area contributed by atoms with Crippen molar-refractivity contribution in [1.29, 1.82) is 0 Å². The summed E-state index contributed by atoms with van der Waals surface area (Å²) in [6.07, 6.45) is 0. The van der Waals surface area contributed by atoms with Crippen molar-refractivity contribution >= 4 is 15.9 Å². The number of aromatic nitrogens is 3. The van der Waals surface area contributed by atoms with Gasteiger partial charge in [-0.2, -0.15) is 0 Å². The lowest BCUT2D eigenvalue weighted by molar-refractivity contribution is 0.627. The van der Waals surface area contributed by atoms with E-state index >= 15 is 0 Å². The molecule has 0 amide bonds. The van der Waals surface area contributed by atoms with Gasteiger partial charge in [0.25, 0.3) is 0 Å². The Morgan fingerprint density at radius 1 is 1.33 bits per heavy atom. The molecule has 4 nitrogen and oxygen atoms in total. The molecule has 0 fully saturated rings. The fourth-order valence-electron chi connectivity index (χ4n) is 1.90. The third-order valence-electron chi connectivity index (χ3n) is 3.17. The lowest BCUT2D eigenvalue weighted by atomic mass is 10.2. The van der Waals surface area contributed by atoms with Crippen molar-refractivity contribution in [2.24, 2.45) is 0 Å². The second-order valence-corrected chi connectivity index (χ2v) is 5.18. The summed E-state index contributed by atoms with van der Waals surface area (Å²) in [5, 5.41) is 11.7. The van der Waals surface area contributed by atoms with E-state index < -0.39 is 0 Å². The third kappa shape index (κ3) is 2.20. The van der Waals surface area contributed by atoms with Crippen LogP contribution in [0.4, 0.5) is 0 Å². The molecule has 1 unspecified atom stereocenters. The molecule has 0 aliphatic carbocycles. The third-order valence-corrected chi connectivity index (χ3v) is 4.20. The first-order chi connectivity index (χ1) is 8.56. The molecule has 2 aromatic rings. The van der Waals surface area contributed by atoms with Crippen LogP contribution in [-0.2, 0) is 0 Å². The Hall–Kier alpha value is -1.20. The average molecular weight is 309 g/mol. The second kappa shape index (κ2) is 5.20. The molecule has 0 spiro atoms. The van der Waals surface area contributed by atoms with Crippen LogP contribution in [0.1, 0.15) is 29.9 Å². The van der Waals surface area contributed by atoms with Crippen LogP contribution in [0.25, 0.3) is 5.69 Å². The predicted molar refractivity (Wildman–Crippen MR) is 76.0 cm³/mol. The highest BCUT2D eigenvalue weighted by Crippen LogP contribution is 2.26. The molecule has 96 valence electrons. The minimum absolute atomic E-state index is 0.197. The van der Waals surface area contributed by atoms with Crippen LogP contribution in [0.15, 0.2) is 22.7 Å². The topological polar surface area (TPSA) is 42.7 Å². The van der Waals surface area contributed by atoms with Gasteiger partial charge in [-0.3, -0.25) is 0 Å². The van der Waals surface area contributed by atoms with Gasteiger partial charge in [-0.25, -0.2) is 4.68 Å². The molecule has 0 radical (unpaired) electrons. The highest BCUT2D eigenvalue weighted by Gasteiger charge is 2.16. The normalized spacial score (nSPS) is 12.7. The van der Waals surface area contributed by atoms with Gasteiger partial charge >= 0.3 is 0 Å². The molecule has 0 saturated heterocycles. The molecule has 1 atom stereocenters. The molecular weight excluding hydrogens is 292 g/mol. The first-order valence-electron chi connectivity index (χ1n) is 5.91. The van der Waals surface area contributed by atoms with Gasteiger partial charge in [-0.1, -0.05) is 17.3 Å². The summed E-state index contributed by atoms with van der Waals surface area (Å²) in [5.74, 6) is 0. The minimum atomic E-state index is 0.197. The van der Waals surface area contributed by atoms with Gasteiger partial charge in [-0.05, 0) is 55.4 Å². The summed E-state index contributed by atoms with van der Waals surface area (Å²) in [6, 6.07) is 6.32. The van der Waals surface area contributed by atoms with E-state index in [1.165, 1.54) is 5.56 Å². The Morgan fingerprint density at radius 3 is 2.72 bits per heavy atom. The standard InChI is InChI=1S/C13H17BrN4/c1-8-6-5-7-11(12(8)14)18-10(3)13(16-17-18)9(2)15-4/h5-7,9,15H,1-4H3. The molecule has 0 saturated carbocycles. The maximum absolute atomic E-state index is 4.26. The van der Waals surface area contributed by atoms with Crippen molar-refractivity contribution in [2.45, 2.75) is 26.8 Å². The summed E-state index contributed by atoms with van der Waals surface area (Å²) >= 11 is 3.61. The zero-order chi connectivity index (χ0) is 13.3. The Labute approximate surface area is 116 Å². The summed E-state index contributed by atoms with van der Waals surface area (Å²) in [6.45, 7) is 6.18. The molecule has 0 aliphatic heterocycles. The van der Waals surface area contributed by atoms with E-state index in [2.05, 4.69) is 51.5 Å². The van der Waals surface area contributed by atoms with Gasteiger partial charge in [0.2, 0.25) is 0 Å². The van der Waals surface area contributed by atoms with E-state index in [1.54, 1.807) is 0 Å². The monoisotopic (exact) mass is 308 g/mol. The molecule has 0 bridgehead atoms. The first kappa shape index (κ1) is 13.2. The average Bonchev–Trinajstić information content (AvgIpc) is 2.74. The molecule has 1 N–H and O–H groups in total. The zero-order valence-electron chi connectivity index (χ0n) is 11.0. The highest BCUT2D eigenvalue weighted by atomic mass is 79.9. The number of nitrogens with one attached hydrogen (secondary N) is 1. The summed E-state index contributed by atoms with van der Waals surface area (Å²) in [7, 11) is 1.92. The van der Waals surface area contributed by atoms with Crippen molar-refractivity contribution in [3.8, 4) is 5.69 Å². The molecule has 1 aromatic heterocycles. The number of halogens is 1. The summed E-state index contributed by atoms with van der Waals surface area (Å²) in [5.41, 5.74) is 4.24. The van der Waals surface area contributed by atoms with E-state index in [9.17, 15) is 0 Å². The van der Waals surface area contributed by atoms with Gasteiger partial charge in [0.1, 0.15) is 5.69 Å². The van der Waals surface area contributed by atoms with Crippen LogP contribution in [0.3, 0.4) is 0 Å². The maximum atomic E-state index is 4.26. The number of nitrogens with zero attached hydrogens (tertiary/aromatic N) is 3. The SMILES string of the molecule is CNC(C)c1nnn(-c2cccc(C)c2Br)c1C. The molecule has 2 rings (SSSR count). The van der Waals surface area contributed by atoms with Crippen LogP contribution in [0.2, 0.25) is 0 Å². The Kier molecular flexibility index (Phi) is 3.82. The van der Waals surface area contributed by atoms with Crippen molar-refractivity contribution in [3.63, 3.8) is 0 Å².